The van der Waals surface area contributed by atoms with E-state index in [1.54, 1.807) is 33.8 Å². The van der Waals surface area contributed by atoms with Crippen LogP contribution in [0.25, 0.3) is 16.9 Å². The molecule has 0 radical (unpaired) electrons. The summed E-state index contributed by atoms with van der Waals surface area (Å²) in [5, 5.41) is 18.1. The summed E-state index contributed by atoms with van der Waals surface area (Å²) in [4.78, 5) is 33.4. The summed E-state index contributed by atoms with van der Waals surface area (Å²) < 4.78 is 28.8. The predicted octanol–water partition coefficient (Wildman–Crippen LogP) is 6.45. The first-order chi connectivity index (χ1) is 23.4. The summed E-state index contributed by atoms with van der Waals surface area (Å²) in [5.74, 6) is -1.35. The van der Waals surface area contributed by atoms with Gasteiger partial charge in [-0.2, -0.15) is 5.10 Å². The number of hydrogen-bond acceptors (Lipinski definition) is 7. The summed E-state index contributed by atoms with van der Waals surface area (Å²) in [6.07, 6.45) is 2.95. The molecule has 11 heteroatoms. The molecule has 4 aromatic rings. The van der Waals surface area contributed by atoms with Crippen LogP contribution in [-0.2, 0) is 22.5 Å². The molecule has 10 nitrogen and oxygen atoms in total. The molecule has 4 heterocycles. The Balaban J connectivity index is 1.27. The molecule has 1 fully saturated rings. The van der Waals surface area contributed by atoms with Gasteiger partial charge in [-0.25, -0.2) is 18.7 Å². The molecular formula is C38H46FN5O5. The fourth-order valence-electron chi connectivity index (χ4n) is 7.06. The molecule has 1 atom stereocenters. The van der Waals surface area contributed by atoms with Gasteiger partial charge in [0.1, 0.15) is 0 Å². The normalized spacial score (nSPS) is 16.3. The van der Waals surface area contributed by atoms with Gasteiger partial charge in [0.25, 0.3) is 5.91 Å². The number of fused-ring (bicyclic) bond motifs is 2. The van der Waals surface area contributed by atoms with E-state index in [2.05, 4.69) is 44.6 Å². The highest BCUT2D eigenvalue weighted by Gasteiger charge is 2.35. The number of ether oxygens (including phenoxy) is 2. The highest BCUT2D eigenvalue weighted by molar-refractivity contribution is 5.93. The van der Waals surface area contributed by atoms with Crippen LogP contribution < -0.4 is 10.1 Å². The van der Waals surface area contributed by atoms with Gasteiger partial charge < -0.3 is 19.9 Å². The monoisotopic (exact) mass is 671 g/mol. The van der Waals surface area contributed by atoms with Gasteiger partial charge >= 0.3 is 5.97 Å². The number of carbonyl (C=O) groups excluding carboxylic acids is 1. The van der Waals surface area contributed by atoms with Crippen LogP contribution >= 0.6 is 0 Å². The average Bonchev–Trinajstić information content (AvgIpc) is 3.49. The maximum atomic E-state index is 15.6. The largest absolute Gasteiger partial charge is 0.490 e. The van der Waals surface area contributed by atoms with Gasteiger partial charge in [-0.3, -0.25) is 9.69 Å². The second-order valence-electron chi connectivity index (χ2n) is 14.2. The van der Waals surface area contributed by atoms with Crippen molar-refractivity contribution in [3.05, 3.63) is 81.9 Å². The maximum Gasteiger partial charge on any atom is 0.337 e. The summed E-state index contributed by atoms with van der Waals surface area (Å²) in [6.45, 7) is 12.8. The Morgan fingerprint density at radius 3 is 2.57 bits per heavy atom. The average molecular weight is 672 g/mol. The first-order valence-electron chi connectivity index (χ1n) is 17.2. The highest BCUT2D eigenvalue weighted by atomic mass is 19.1. The van der Waals surface area contributed by atoms with Gasteiger partial charge in [0, 0.05) is 41.5 Å². The summed E-state index contributed by atoms with van der Waals surface area (Å²) in [5.41, 5.74) is 3.89. The molecule has 2 aliphatic heterocycles. The number of nitrogens with zero attached hydrogens (tertiary/aromatic N) is 4. The number of piperidine rings is 1. The van der Waals surface area contributed by atoms with Crippen LogP contribution in [0.4, 0.5) is 4.39 Å². The number of carboxylic acid groups (broad SMARTS) is 1. The molecule has 0 saturated carbocycles. The van der Waals surface area contributed by atoms with Crippen molar-refractivity contribution >= 4 is 17.5 Å². The zero-order valence-electron chi connectivity index (χ0n) is 29.0. The van der Waals surface area contributed by atoms with Crippen molar-refractivity contribution in [1.29, 1.82) is 0 Å². The van der Waals surface area contributed by atoms with E-state index >= 15 is 4.39 Å². The predicted molar refractivity (Wildman–Crippen MR) is 184 cm³/mol. The Bertz CT molecular complexity index is 1840. The SMILES string of the molecule is Cc1nc2cc(C(=O)NCCC3CCN(Cc4ccccc4)CC3)nn2c(-c2cc(F)c3c(c2C)CCCO3)c1[C@H](OC(C)(C)C)C(=O)O. The van der Waals surface area contributed by atoms with Crippen LogP contribution in [0.2, 0.25) is 0 Å². The van der Waals surface area contributed by atoms with Crippen molar-refractivity contribution < 1.29 is 28.6 Å². The van der Waals surface area contributed by atoms with E-state index in [9.17, 15) is 14.7 Å². The third kappa shape index (κ3) is 7.63. The Kier molecular flexibility index (Phi) is 10.0. The number of aliphatic carboxylic acids is 1. The van der Waals surface area contributed by atoms with E-state index in [1.807, 2.05) is 13.0 Å². The number of likely N-dealkylation sites (tertiary alicyclic amines) is 1. The number of aryl methyl sites for hydroxylation is 1. The lowest BCUT2D eigenvalue weighted by Gasteiger charge is -2.32. The molecule has 0 aliphatic carbocycles. The zero-order valence-corrected chi connectivity index (χ0v) is 29.0. The fraction of sp³-hybridized carbons (Fsp3) is 0.474. The molecule has 1 amide bonds. The van der Waals surface area contributed by atoms with E-state index < -0.39 is 23.5 Å². The lowest BCUT2D eigenvalue weighted by molar-refractivity contribution is -0.160. The zero-order chi connectivity index (χ0) is 34.9. The lowest BCUT2D eigenvalue weighted by Crippen LogP contribution is -2.35. The molecule has 2 aromatic heterocycles. The molecule has 1 saturated heterocycles. The molecule has 260 valence electrons. The third-order valence-corrected chi connectivity index (χ3v) is 9.51. The van der Waals surface area contributed by atoms with Gasteiger partial charge in [-0.05, 0) is 103 Å². The van der Waals surface area contributed by atoms with Gasteiger partial charge in [0.15, 0.2) is 29.0 Å². The Labute approximate surface area is 286 Å². The van der Waals surface area contributed by atoms with Crippen LogP contribution in [-0.4, -0.2) is 68.3 Å². The number of rotatable bonds is 10. The standard InChI is InChI=1S/C38H46FN5O5/c1-23-27-12-9-19-48-34(27)29(39)20-28(23)33-32(35(37(46)47)49-38(3,4)5)24(2)41-31-21-30(42-44(31)33)36(45)40-16-13-25-14-17-43(18-15-25)22-26-10-7-6-8-11-26/h6-8,10-11,20-21,25,35H,9,12-19,22H2,1-5H3,(H,40,45)(H,46,47)/t35-/m0/s1. The number of benzene rings is 2. The van der Waals surface area contributed by atoms with Crippen LogP contribution in [0.3, 0.4) is 0 Å². The topological polar surface area (TPSA) is 118 Å². The highest BCUT2D eigenvalue weighted by Crippen LogP contribution is 2.41. The molecule has 6 rings (SSSR count). The fourth-order valence-corrected chi connectivity index (χ4v) is 7.06. The number of carboxylic acids is 1. The Hall–Kier alpha value is -4.35. The molecule has 2 aliphatic rings. The molecule has 49 heavy (non-hydrogen) atoms. The van der Waals surface area contributed by atoms with Crippen molar-refractivity contribution in [2.75, 3.05) is 26.2 Å². The van der Waals surface area contributed by atoms with E-state index in [4.69, 9.17) is 9.47 Å². The molecule has 2 aromatic carbocycles. The van der Waals surface area contributed by atoms with E-state index in [-0.39, 0.29) is 22.9 Å². The van der Waals surface area contributed by atoms with E-state index in [0.29, 0.717) is 48.1 Å². The molecule has 2 N–H and O–H groups in total. The summed E-state index contributed by atoms with van der Waals surface area (Å²) in [6, 6.07) is 13.5. The Morgan fingerprint density at radius 1 is 1.14 bits per heavy atom. The second kappa shape index (κ2) is 14.2. The second-order valence-corrected chi connectivity index (χ2v) is 14.2. The first kappa shape index (κ1) is 34.5. The molecule has 0 unspecified atom stereocenters. The Morgan fingerprint density at radius 2 is 1.88 bits per heavy atom. The molecule has 0 bridgehead atoms. The van der Waals surface area contributed by atoms with Crippen molar-refractivity contribution in [1.82, 2.24) is 24.8 Å². The van der Waals surface area contributed by atoms with Gasteiger partial charge in [-0.1, -0.05) is 30.3 Å². The van der Waals surface area contributed by atoms with Gasteiger partial charge in [-0.15, -0.1) is 0 Å². The van der Waals surface area contributed by atoms with Crippen molar-refractivity contribution in [2.45, 2.75) is 85.0 Å². The number of carbonyl (C=O) groups is 2. The number of nitrogens with one attached hydrogen (secondary N) is 1. The van der Waals surface area contributed by atoms with Crippen molar-refractivity contribution in [3.8, 4) is 17.0 Å². The lowest BCUT2D eigenvalue weighted by atomic mass is 9.91. The van der Waals surface area contributed by atoms with Gasteiger partial charge in [0.2, 0.25) is 0 Å². The quantitative estimate of drug-likeness (QED) is 0.198. The number of aromatic nitrogens is 3. The molecular weight excluding hydrogens is 625 g/mol. The third-order valence-electron chi connectivity index (χ3n) is 9.51. The van der Waals surface area contributed by atoms with E-state index in [1.165, 1.54) is 16.1 Å². The van der Waals surface area contributed by atoms with Crippen LogP contribution in [0.1, 0.15) is 91.0 Å². The number of hydrogen-bond donors (Lipinski definition) is 2. The van der Waals surface area contributed by atoms with Crippen molar-refractivity contribution in [2.24, 2.45) is 5.92 Å². The van der Waals surface area contributed by atoms with Crippen LogP contribution in [0.15, 0.2) is 42.5 Å². The van der Waals surface area contributed by atoms with Crippen LogP contribution in [0.5, 0.6) is 5.75 Å². The summed E-state index contributed by atoms with van der Waals surface area (Å²) in [7, 11) is 0. The minimum absolute atomic E-state index is 0.144. The smallest absolute Gasteiger partial charge is 0.337 e. The number of halogens is 1. The number of amides is 1. The minimum atomic E-state index is -1.43. The minimum Gasteiger partial charge on any atom is -0.490 e. The molecule has 0 spiro atoms. The van der Waals surface area contributed by atoms with Gasteiger partial charge in [0.05, 0.1) is 17.9 Å². The van der Waals surface area contributed by atoms with Crippen LogP contribution in [0, 0.1) is 25.6 Å². The maximum absolute atomic E-state index is 15.6. The first-order valence-corrected chi connectivity index (χ1v) is 17.2. The van der Waals surface area contributed by atoms with Crippen molar-refractivity contribution in [3.63, 3.8) is 0 Å². The van der Waals surface area contributed by atoms with E-state index in [0.717, 1.165) is 56.4 Å². The summed E-state index contributed by atoms with van der Waals surface area (Å²) >= 11 is 0.